The second-order valence-corrected chi connectivity index (χ2v) is 4.05. The smallest absolute Gasteiger partial charge is 0.424 e. The molecule has 0 unspecified atom stereocenters. The summed E-state index contributed by atoms with van der Waals surface area (Å²) in [4.78, 5) is 0. The van der Waals surface area contributed by atoms with E-state index in [9.17, 15) is 8.78 Å². The lowest BCUT2D eigenvalue weighted by atomic mass is 10.1. The van der Waals surface area contributed by atoms with Gasteiger partial charge in [-0.05, 0) is 42.1 Å². The van der Waals surface area contributed by atoms with E-state index in [1.165, 1.54) is 6.26 Å². The number of thioether (sulfide) groups is 1. The molecule has 0 spiro atoms. The summed E-state index contributed by atoms with van der Waals surface area (Å²) in [5, 5.41) is 0. The van der Waals surface area contributed by atoms with Gasteiger partial charge in [0.2, 0.25) is 0 Å². The van der Waals surface area contributed by atoms with E-state index in [0.29, 0.717) is 11.8 Å². The van der Waals surface area contributed by atoms with E-state index in [1.807, 2.05) is 12.1 Å². The maximum absolute atomic E-state index is 12.8. The average Bonchev–Trinajstić information content (AvgIpc) is 2.21. The van der Waals surface area contributed by atoms with E-state index in [-0.39, 0.29) is 5.75 Å². The third-order valence-electron chi connectivity index (χ3n) is 1.94. The predicted molar refractivity (Wildman–Crippen MR) is 59.5 cm³/mol. The minimum Gasteiger partial charge on any atom is -0.424 e. The third-order valence-corrected chi connectivity index (χ3v) is 2.49. The maximum atomic E-state index is 12.8. The maximum Gasteiger partial charge on any atom is 0.452 e. The number of halogens is 2. The van der Waals surface area contributed by atoms with Gasteiger partial charge in [-0.15, -0.1) is 0 Å². The second kappa shape index (κ2) is 5.35. The lowest BCUT2D eigenvalue weighted by Gasteiger charge is -2.15. The molecule has 1 nitrogen and oxygen atoms in total. The highest BCUT2D eigenvalue weighted by Gasteiger charge is 2.29. The first kappa shape index (κ1) is 12.3. The number of hydrogen-bond donors (Lipinski definition) is 0. The summed E-state index contributed by atoms with van der Waals surface area (Å²) in [5.41, 5.74) is -2.01. The number of rotatable bonds is 5. The zero-order valence-corrected chi connectivity index (χ0v) is 9.61. The fourth-order valence-corrected chi connectivity index (χ4v) is 1.37. The molecule has 15 heavy (non-hydrogen) atoms. The molecular weight excluding hydrogens is 218 g/mol. The molecule has 0 heterocycles. The zero-order chi connectivity index (χ0) is 11.3. The summed E-state index contributed by atoms with van der Waals surface area (Å²) in [5.74, 6) is 0.203. The normalized spacial score (nSPS) is 11.5. The van der Waals surface area contributed by atoms with Gasteiger partial charge in [-0.25, -0.2) is 0 Å². The summed E-state index contributed by atoms with van der Waals surface area (Å²) in [6.45, 7) is 2.08. The van der Waals surface area contributed by atoms with E-state index < -0.39 is 5.44 Å². The summed E-state index contributed by atoms with van der Waals surface area (Å²) >= 11 is 0.381. The number of hydrogen-bond acceptors (Lipinski definition) is 2. The van der Waals surface area contributed by atoms with Gasteiger partial charge in [-0.1, -0.05) is 25.5 Å². The molecule has 0 saturated heterocycles. The van der Waals surface area contributed by atoms with Crippen molar-refractivity contribution in [3.8, 4) is 5.75 Å². The molecule has 0 saturated carbocycles. The molecule has 0 N–H and O–H groups in total. The Balaban J connectivity index is 2.64. The van der Waals surface area contributed by atoms with Crippen LogP contribution in [0.15, 0.2) is 24.3 Å². The van der Waals surface area contributed by atoms with Crippen molar-refractivity contribution in [2.75, 3.05) is 6.26 Å². The van der Waals surface area contributed by atoms with Crippen LogP contribution in [-0.4, -0.2) is 11.7 Å². The third kappa shape index (κ3) is 4.08. The van der Waals surface area contributed by atoms with Crippen molar-refractivity contribution in [1.29, 1.82) is 0 Å². The van der Waals surface area contributed by atoms with Gasteiger partial charge in [0.15, 0.2) is 0 Å². The molecule has 0 aromatic heterocycles. The van der Waals surface area contributed by atoms with Crippen molar-refractivity contribution in [2.24, 2.45) is 0 Å². The first-order valence-corrected chi connectivity index (χ1v) is 6.01. The van der Waals surface area contributed by atoms with E-state index in [2.05, 4.69) is 11.7 Å². The molecule has 0 amide bonds. The lowest BCUT2D eigenvalue weighted by molar-refractivity contribution is -0.0875. The summed E-state index contributed by atoms with van der Waals surface area (Å²) in [6.07, 6.45) is 3.31. The molecule has 0 fully saturated rings. The first-order chi connectivity index (χ1) is 7.07. The van der Waals surface area contributed by atoms with Gasteiger partial charge in [0, 0.05) is 0 Å². The Bertz CT molecular complexity index is 298. The van der Waals surface area contributed by atoms with E-state index in [1.54, 1.807) is 12.1 Å². The number of aryl methyl sites for hydroxylation is 1. The Morgan fingerprint density at radius 1 is 1.27 bits per heavy atom. The minimum atomic E-state index is -3.15. The molecular formula is C11H14F2OS. The van der Waals surface area contributed by atoms with Crippen LogP contribution in [0, 0.1) is 0 Å². The second-order valence-electron chi connectivity index (χ2n) is 3.16. The van der Waals surface area contributed by atoms with Gasteiger partial charge >= 0.3 is 5.44 Å². The van der Waals surface area contributed by atoms with Crippen molar-refractivity contribution in [2.45, 2.75) is 25.2 Å². The molecule has 1 aromatic rings. The number of alkyl halides is 2. The first-order valence-electron chi connectivity index (χ1n) is 4.78. The largest absolute Gasteiger partial charge is 0.452 e. The van der Waals surface area contributed by atoms with Crippen molar-refractivity contribution >= 4 is 11.8 Å². The predicted octanol–water partition coefficient (Wildman–Crippen LogP) is 3.93. The highest BCUT2D eigenvalue weighted by Crippen LogP contribution is 2.30. The van der Waals surface area contributed by atoms with Gasteiger partial charge in [-0.3, -0.25) is 0 Å². The van der Waals surface area contributed by atoms with Crippen LogP contribution in [0.5, 0.6) is 5.75 Å². The van der Waals surface area contributed by atoms with Crippen LogP contribution < -0.4 is 4.74 Å². The molecule has 0 radical (unpaired) electrons. The zero-order valence-electron chi connectivity index (χ0n) is 8.80. The fourth-order valence-electron chi connectivity index (χ4n) is 1.19. The highest BCUT2D eigenvalue weighted by atomic mass is 32.2. The molecule has 0 aliphatic heterocycles. The summed E-state index contributed by atoms with van der Waals surface area (Å²) < 4.78 is 30.2. The van der Waals surface area contributed by atoms with Gasteiger partial charge < -0.3 is 4.74 Å². The van der Waals surface area contributed by atoms with Crippen LogP contribution >= 0.6 is 11.8 Å². The topological polar surface area (TPSA) is 9.23 Å². The molecule has 0 bridgehead atoms. The number of benzene rings is 1. The Hall–Kier alpha value is -0.770. The molecule has 0 atom stereocenters. The van der Waals surface area contributed by atoms with Crippen LogP contribution in [0.25, 0.3) is 0 Å². The monoisotopic (exact) mass is 232 g/mol. The fraction of sp³-hybridized carbons (Fsp3) is 0.455. The molecule has 1 aromatic carbocycles. The van der Waals surface area contributed by atoms with Crippen LogP contribution in [0.4, 0.5) is 8.78 Å². The van der Waals surface area contributed by atoms with Crippen LogP contribution in [0.3, 0.4) is 0 Å². The van der Waals surface area contributed by atoms with Gasteiger partial charge in [0.25, 0.3) is 0 Å². The molecule has 84 valence electrons. The van der Waals surface area contributed by atoms with Crippen molar-refractivity contribution in [3.05, 3.63) is 29.8 Å². The standard InChI is InChI=1S/C11H14F2OS/c1-3-4-9-5-7-10(8-6-9)14-11(12,13)15-2/h5-8H,3-4H2,1-2H3. The Kier molecular flexibility index (Phi) is 4.39. The lowest BCUT2D eigenvalue weighted by Crippen LogP contribution is -2.18. The van der Waals surface area contributed by atoms with Gasteiger partial charge in [0.05, 0.1) is 0 Å². The average molecular weight is 232 g/mol. The Labute approximate surface area is 92.8 Å². The SMILES string of the molecule is CCCc1ccc(OC(F)(F)SC)cc1. The van der Waals surface area contributed by atoms with Gasteiger partial charge in [-0.2, -0.15) is 8.78 Å². The molecule has 1 rings (SSSR count). The molecule has 0 aliphatic rings. The summed E-state index contributed by atoms with van der Waals surface area (Å²) in [7, 11) is 0. The summed E-state index contributed by atoms with van der Waals surface area (Å²) in [6, 6.07) is 6.79. The van der Waals surface area contributed by atoms with Crippen LogP contribution in [0.2, 0.25) is 0 Å². The highest BCUT2D eigenvalue weighted by molar-refractivity contribution is 7.99. The van der Waals surface area contributed by atoms with Crippen molar-refractivity contribution < 1.29 is 13.5 Å². The van der Waals surface area contributed by atoms with Crippen molar-refractivity contribution in [1.82, 2.24) is 0 Å². The quantitative estimate of drug-likeness (QED) is 0.711. The molecule has 4 heteroatoms. The Morgan fingerprint density at radius 3 is 2.33 bits per heavy atom. The van der Waals surface area contributed by atoms with E-state index in [0.717, 1.165) is 18.4 Å². The Morgan fingerprint density at radius 2 is 1.87 bits per heavy atom. The molecule has 0 aliphatic carbocycles. The van der Waals surface area contributed by atoms with E-state index >= 15 is 0 Å². The van der Waals surface area contributed by atoms with Crippen LogP contribution in [-0.2, 0) is 6.42 Å². The van der Waals surface area contributed by atoms with E-state index in [4.69, 9.17) is 0 Å². The van der Waals surface area contributed by atoms with Crippen molar-refractivity contribution in [3.63, 3.8) is 0 Å². The van der Waals surface area contributed by atoms with Gasteiger partial charge in [0.1, 0.15) is 5.75 Å². The van der Waals surface area contributed by atoms with Crippen LogP contribution in [0.1, 0.15) is 18.9 Å². The minimum absolute atomic E-state index is 0.203. The number of ether oxygens (including phenoxy) is 1.